The second-order valence-corrected chi connectivity index (χ2v) is 3.87. The summed E-state index contributed by atoms with van der Waals surface area (Å²) in [6.07, 6.45) is 0.765. The molecule has 2 nitrogen and oxygen atoms in total. The highest BCUT2D eigenvalue weighted by Crippen LogP contribution is 2.22. The van der Waals surface area contributed by atoms with Gasteiger partial charge >= 0.3 is 0 Å². The number of aromatic nitrogens is 1. The SMILES string of the molecule is Cl.NCCc1nc2ccc(F)cc2s1. The first-order chi connectivity index (χ1) is 6.29. The molecule has 2 aromatic rings. The van der Waals surface area contributed by atoms with E-state index >= 15 is 0 Å². The van der Waals surface area contributed by atoms with Crippen LogP contribution in [0.1, 0.15) is 5.01 Å². The van der Waals surface area contributed by atoms with Crippen LogP contribution < -0.4 is 5.73 Å². The zero-order valence-electron chi connectivity index (χ0n) is 7.37. The Hall–Kier alpha value is -0.710. The van der Waals surface area contributed by atoms with E-state index in [1.54, 1.807) is 6.07 Å². The molecule has 1 heterocycles. The maximum absolute atomic E-state index is 12.8. The van der Waals surface area contributed by atoms with Crippen LogP contribution in [0.3, 0.4) is 0 Å². The summed E-state index contributed by atoms with van der Waals surface area (Å²) in [6.45, 7) is 0.586. The third-order valence-corrected chi connectivity index (χ3v) is 2.83. The van der Waals surface area contributed by atoms with Crippen LogP contribution in [0.25, 0.3) is 10.2 Å². The molecule has 0 aliphatic heterocycles. The molecular formula is C9H10ClFN2S. The summed E-state index contributed by atoms with van der Waals surface area (Å²) in [7, 11) is 0. The van der Waals surface area contributed by atoms with Crippen LogP contribution in [0.2, 0.25) is 0 Å². The highest BCUT2D eigenvalue weighted by atomic mass is 35.5. The van der Waals surface area contributed by atoms with E-state index in [0.29, 0.717) is 6.54 Å². The number of nitrogens with two attached hydrogens (primary N) is 1. The molecule has 0 saturated heterocycles. The molecule has 0 aliphatic carbocycles. The van der Waals surface area contributed by atoms with Crippen LogP contribution in [-0.2, 0) is 6.42 Å². The smallest absolute Gasteiger partial charge is 0.124 e. The third-order valence-electron chi connectivity index (χ3n) is 1.75. The minimum atomic E-state index is -0.213. The Labute approximate surface area is 91.4 Å². The van der Waals surface area contributed by atoms with Crippen molar-refractivity contribution in [3.05, 3.63) is 29.0 Å². The number of hydrogen-bond donors (Lipinski definition) is 1. The van der Waals surface area contributed by atoms with E-state index in [0.717, 1.165) is 21.6 Å². The van der Waals surface area contributed by atoms with Crippen LogP contribution in [0.15, 0.2) is 18.2 Å². The quantitative estimate of drug-likeness (QED) is 0.864. The minimum Gasteiger partial charge on any atom is -0.330 e. The van der Waals surface area contributed by atoms with Crippen molar-refractivity contribution in [2.75, 3.05) is 6.54 Å². The summed E-state index contributed by atoms with van der Waals surface area (Å²) >= 11 is 1.50. The van der Waals surface area contributed by atoms with Crippen molar-refractivity contribution in [1.29, 1.82) is 0 Å². The Morgan fingerprint density at radius 2 is 2.21 bits per heavy atom. The van der Waals surface area contributed by atoms with Crippen molar-refractivity contribution in [3.8, 4) is 0 Å². The monoisotopic (exact) mass is 232 g/mol. The van der Waals surface area contributed by atoms with Gasteiger partial charge in [0.1, 0.15) is 5.82 Å². The van der Waals surface area contributed by atoms with E-state index < -0.39 is 0 Å². The summed E-state index contributed by atoms with van der Waals surface area (Å²) in [5.41, 5.74) is 6.26. The number of halogens is 2. The van der Waals surface area contributed by atoms with Gasteiger partial charge in [0.25, 0.3) is 0 Å². The van der Waals surface area contributed by atoms with Gasteiger partial charge in [-0.3, -0.25) is 0 Å². The van der Waals surface area contributed by atoms with E-state index in [4.69, 9.17) is 5.73 Å². The first-order valence-corrected chi connectivity index (χ1v) is 4.86. The maximum Gasteiger partial charge on any atom is 0.124 e. The fourth-order valence-electron chi connectivity index (χ4n) is 1.18. The van der Waals surface area contributed by atoms with Crippen molar-refractivity contribution < 1.29 is 4.39 Å². The maximum atomic E-state index is 12.8. The number of fused-ring (bicyclic) bond motifs is 1. The number of thiazole rings is 1. The molecule has 0 aliphatic rings. The van der Waals surface area contributed by atoms with E-state index in [1.807, 2.05) is 0 Å². The molecule has 5 heteroatoms. The van der Waals surface area contributed by atoms with Gasteiger partial charge in [-0.2, -0.15) is 0 Å². The Morgan fingerprint density at radius 3 is 2.93 bits per heavy atom. The number of nitrogens with zero attached hydrogens (tertiary/aromatic N) is 1. The Balaban J connectivity index is 0.000000980. The highest BCUT2D eigenvalue weighted by Gasteiger charge is 2.03. The van der Waals surface area contributed by atoms with Crippen LogP contribution in [0, 0.1) is 5.82 Å². The molecule has 0 atom stereocenters. The van der Waals surface area contributed by atoms with Gasteiger partial charge < -0.3 is 5.73 Å². The Morgan fingerprint density at radius 1 is 1.43 bits per heavy atom. The van der Waals surface area contributed by atoms with Crippen LogP contribution in [0.4, 0.5) is 4.39 Å². The lowest BCUT2D eigenvalue weighted by molar-refractivity contribution is 0.630. The highest BCUT2D eigenvalue weighted by molar-refractivity contribution is 7.18. The van der Waals surface area contributed by atoms with Crippen molar-refractivity contribution in [3.63, 3.8) is 0 Å². The first-order valence-electron chi connectivity index (χ1n) is 4.04. The van der Waals surface area contributed by atoms with Gasteiger partial charge in [0.05, 0.1) is 15.2 Å². The number of rotatable bonds is 2. The van der Waals surface area contributed by atoms with Gasteiger partial charge in [-0.15, -0.1) is 23.7 Å². The van der Waals surface area contributed by atoms with Gasteiger partial charge in [0, 0.05) is 6.42 Å². The van der Waals surface area contributed by atoms with Crippen LogP contribution in [-0.4, -0.2) is 11.5 Å². The molecule has 0 bridgehead atoms. The molecule has 14 heavy (non-hydrogen) atoms. The zero-order chi connectivity index (χ0) is 9.26. The second-order valence-electron chi connectivity index (χ2n) is 2.76. The second kappa shape index (κ2) is 4.68. The molecule has 0 radical (unpaired) electrons. The van der Waals surface area contributed by atoms with E-state index in [1.165, 1.54) is 23.5 Å². The van der Waals surface area contributed by atoms with Crippen molar-refractivity contribution in [1.82, 2.24) is 4.98 Å². The summed E-state index contributed by atoms with van der Waals surface area (Å²) < 4.78 is 13.7. The molecule has 2 rings (SSSR count). The molecule has 0 saturated carbocycles. The van der Waals surface area contributed by atoms with Gasteiger partial charge in [-0.1, -0.05) is 0 Å². The minimum absolute atomic E-state index is 0. The lowest BCUT2D eigenvalue weighted by Gasteiger charge is -1.85. The predicted octanol–water partition coefficient (Wildman–Crippen LogP) is 2.36. The molecule has 2 N–H and O–H groups in total. The molecule has 1 aromatic heterocycles. The molecule has 76 valence electrons. The summed E-state index contributed by atoms with van der Waals surface area (Å²) in [4.78, 5) is 4.32. The molecule has 0 fully saturated rings. The van der Waals surface area contributed by atoms with Crippen molar-refractivity contribution >= 4 is 34.0 Å². The topological polar surface area (TPSA) is 38.9 Å². The Bertz CT molecular complexity index is 430. The molecule has 1 aromatic carbocycles. The van der Waals surface area contributed by atoms with E-state index in [9.17, 15) is 4.39 Å². The van der Waals surface area contributed by atoms with Gasteiger partial charge in [0.2, 0.25) is 0 Å². The largest absolute Gasteiger partial charge is 0.330 e. The standard InChI is InChI=1S/C9H9FN2S.ClH/c10-6-1-2-7-8(5-6)13-9(12-7)3-4-11;/h1-2,5H,3-4,11H2;1H. The fraction of sp³-hybridized carbons (Fsp3) is 0.222. The fourth-order valence-corrected chi connectivity index (χ4v) is 2.18. The van der Waals surface area contributed by atoms with Gasteiger partial charge in [-0.25, -0.2) is 9.37 Å². The summed E-state index contributed by atoms with van der Waals surface area (Å²) in [5, 5.41) is 0.975. The van der Waals surface area contributed by atoms with Gasteiger partial charge in [0.15, 0.2) is 0 Å². The average molecular weight is 233 g/mol. The lowest BCUT2D eigenvalue weighted by Crippen LogP contribution is -2.01. The third kappa shape index (κ3) is 2.20. The molecule has 0 amide bonds. The van der Waals surface area contributed by atoms with E-state index in [2.05, 4.69) is 4.98 Å². The number of hydrogen-bond acceptors (Lipinski definition) is 3. The molecule has 0 spiro atoms. The van der Waals surface area contributed by atoms with Crippen molar-refractivity contribution in [2.24, 2.45) is 5.73 Å². The van der Waals surface area contributed by atoms with E-state index in [-0.39, 0.29) is 18.2 Å². The summed E-state index contributed by atoms with van der Waals surface area (Å²) in [6, 6.07) is 4.63. The Kier molecular flexibility index (Phi) is 3.80. The van der Waals surface area contributed by atoms with Crippen molar-refractivity contribution in [2.45, 2.75) is 6.42 Å². The summed E-state index contributed by atoms with van der Waals surface area (Å²) in [5.74, 6) is -0.213. The zero-order valence-corrected chi connectivity index (χ0v) is 9.00. The predicted molar refractivity (Wildman–Crippen MR) is 59.6 cm³/mol. The first kappa shape index (κ1) is 11.4. The average Bonchev–Trinajstić information content (AvgIpc) is 2.46. The van der Waals surface area contributed by atoms with Crippen LogP contribution in [0.5, 0.6) is 0 Å². The van der Waals surface area contributed by atoms with Crippen LogP contribution >= 0.6 is 23.7 Å². The molecular weight excluding hydrogens is 223 g/mol. The lowest BCUT2D eigenvalue weighted by atomic mass is 10.3. The van der Waals surface area contributed by atoms with Gasteiger partial charge in [-0.05, 0) is 24.7 Å². The normalized spacial score (nSPS) is 10.1. The number of benzene rings is 1. The molecule has 0 unspecified atom stereocenters.